The van der Waals surface area contributed by atoms with Crippen molar-refractivity contribution in [3.63, 3.8) is 0 Å². The molecule has 90 valence electrons. The van der Waals surface area contributed by atoms with Gasteiger partial charge in [-0.15, -0.1) is 0 Å². The van der Waals surface area contributed by atoms with Crippen molar-refractivity contribution >= 4 is 21.9 Å². The fourth-order valence-corrected chi connectivity index (χ4v) is 1.42. The quantitative estimate of drug-likeness (QED) is 0.911. The standard InChI is InChI=1S/C9H11BrN6O/c1-2-3-17-9-14-7(11)13-8(15-9)16-5-6(10)4-12-16/h4-5H,2-3H2,1H3,(H2,11,13,14,15). The van der Waals surface area contributed by atoms with Gasteiger partial charge in [-0.2, -0.15) is 20.1 Å². The third-order valence-electron chi connectivity index (χ3n) is 1.81. The Morgan fingerprint density at radius 3 is 2.88 bits per heavy atom. The van der Waals surface area contributed by atoms with E-state index in [0.29, 0.717) is 12.6 Å². The average Bonchev–Trinajstić information content (AvgIpc) is 2.72. The van der Waals surface area contributed by atoms with Crippen LogP contribution in [0.2, 0.25) is 0 Å². The maximum Gasteiger partial charge on any atom is 0.323 e. The topological polar surface area (TPSA) is 91.7 Å². The number of nitrogen functional groups attached to an aromatic ring is 1. The lowest BCUT2D eigenvalue weighted by Crippen LogP contribution is -2.09. The molecule has 8 heteroatoms. The number of halogens is 1. The third-order valence-corrected chi connectivity index (χ3v) is 2.22. The van der Waals surface area contributed by atoms with E-state index in [2.05, 4.69) is 36.0 Å². The molecule has 2 aromatic heterocycles. The number of hydrogen-bond donors (Lipinski definition) is 1. The van der Waals surface area contributed by atoms with Crippen LogP contribution >= 0.6 is 15.9 Å². The molecule has 0 aliphatic heterocycles. The Morgan fingerprint density at radius 1 is 1.41 bits per heavy atom. The predicted octanol–water partition coefficient (Wildman–Crippen LogP) is 1.19. The van der Waals surface area contributed by atoms with E-state index in [0.717, 1.165) is 10.9 Å². The second-order valence-electron chi connectivity index (χ2n) is 3.23. The zero-order chi connectivity index (χ0) is 12.3. The van der Waals surface area contributed by atoms with Crippen LogP contribution in [0.5, 0.6) is 6.01 Å². The van der Waals surface area contributed by atoms with Crippen molar-refractivity contribution in [1.29, 1.82) is 0 Å². The smallest absolute Gasteiger partial charge is 0.323 e. The van der Waals surface area contributed by atoms with Crippen molar-refractivity contribution in [3.8, 4) is 12.0 Å². The SMILES string of the molecule is CCCOc1nc(N)nc(-n2cc(Br)cn2)n1. The Labute approximate surface area is 106 Å². The van der Waals surface area contributed by atoms with Gasteiger partial charge < -0.3 is 10.5 Å². The first-order valence-corrected chi connectivity index (χ1v) is 5.83. The summed E-state index contributed by atoms with van der Waals surface area (Å²) in [5, 5.41) is 4.05. The Morgan fingerprint density at radius 2 is 2.24 bits per heavy atom. The molecule has 2 heterocycles. The highest BCUT2D eigenvalue weighted by atomic mass is 79.9. The van der Waals surface area contributed by atoms with Gasteiger partial charge in [-0.3, -0.25) is 0 Å². The van der Waals surface area contributed by atoms with E-state index in [1.54, 1.807) is 12.4 Å². The fraction of sp³-hybridized carbons (Fsp3) is 0.333. The molecular weight excluding hydrogens is 288 g/mol. The molecule has 0 bridgehead atoms. The van der Waals surface area contributed by atoms with Gasteiger partial charge in [-0.05, 0) is 22.4 Å². The molecule has 0 amide bonds. The summed E-state index contributed by atoms with van der Waals surface area (Å²) in [6, 6.07) is 0.209. The molecule has 0 spiro atoms. The first kappa shape index (κ1) is 11.8. The minimum absolute atomic E-state index is 0.104. The Kier molecular flexibility index (Phi) is 3.52. The van der Waals surface area contributed by atoms with E-state index < -0.39 is 0 Å². The highest BCUT2D eigenvalue weighted by Gasteiger charge is 2.08. The molecule has 0 saturated heterocycles. The van der Waals surface area contributed by atoms with Crippen molar-refractivity contribution < 1.29 is 4.74 Å². The number of nitrogens with zero attached hydrogens (tertiary/aromatic N) is 5. The molecule has 0 atom stereocenters. The maximum absolute atomic E-state index is 5.58. The van der Waals surface area contributed by atoms with Crippen molar-refractivity contribution in [2.24, 2.45) is 0 Å². The van der Waals surface area contributed by atoms with Crippen molar-refractivity contribution in [2.75, 3.05) is 12.3 Å². The van der Waals surface area contributed by atoms with Crippen LogP contribution in [0.25, 0.3) is 5.95 Å². The molecule has 0 aliphatic rings. The number of ether oxygens (including phenoxy) is 1. The van der Waals surface area contributed by atoms with Gasteiger partial charge in [0.25, 0.3) is 5.95 Å². The third kappa shape index (κ3) is 2.90. The monoisotopic (exact) mass is 298 g/mol. The Bertz CT molecular complexity index is 514. The normalized spacial score (nSPS) is 10.5. The Hall–Kier alpha value is -1.70. The molecule has 2 N–H and O–H groups in total. The van der Waals surface area contributed by atoms with Gasteiger partial charge >= 0.3 is 6.01 Å². The number of hydrogen-bond acceptors (Lipinski definition) is 6. The molecule has 2 aromatic rings. The zero-order valence-electron chi connectivity index (χ0n) is 9.17. The largest absolute Gasteiger partial charge is 0.463 e. The average molecular weight is 299 g/mol. The van der Waals surface area contributed by atoms with Crippen molar-refractivity contribution in [3.05, 3.63) is 16.9 Å². The lowest BCUT2D eigenvalue weighted by atomic mass is 10.5. The molecule has 2 rings (SSSR count). The van der Waals surface area contributed by atoms with Gasteiger partial charge in [0.2, 0.25) is 5.95 Å². The van der Waals surface area contributed by atoms with Crippen molar-refractivity contribution in [1.82, 2.24) is 24.7 Å². The molecule has 0 saturated carbocycles. The lowest BCUT2D eigenvalue weighted by molar-refractivity contribution is 0.291. The number of nitrogens with two attached hydrogens (primary N) is 1. The summed E-state index contributed by atoms with van der Waals surface area (Å²) >= 11 is 3.29. The first-order valence-electron chi connectivity index (χ1n) is 5.04. The summed E-state index contributed by atoms with van der Waals surface area (Å²) in [5.74, 6) is 0.432. The molecule has 0 fully saturated rings. The summed E-state index contributed by atoms with van der Waals surface area (Å²) in [6.45, 7) is 2.53. The van der Waals surface area contributed by atoms with Crippen LogP contribution in [0.4, 0.5) is 5.95 Å². The summed E-state index contributed by atoms with van der Waals surface area (Å²) in [7, 11) is 0. The highest BCUT2D eigenvalue weighted by Crippen LogP contribution is 2.12. The molecule has 0 aliphatic carbocycles. The van der Waals surface area contributed by atoms with E-state index in [1.807, 2.05) is 6.92 Å². The minimum atomic E-state index is 0.104. The second kappa shape index (κ2) is 5.09. The van der Waals surface area contributed by atoms with Gasteiger partial charge in [-0.1, -0.05) is 6.92 Å². The van der Waals surface area contributed by atoms with Crippen LogP contribution < -0.4 is 10.5 Å². The number of aromatic nitrogens is 5. The van der Waals surface area contributed by atoms with Crippen molar-refractivity contribution in [2.45, 2.75) is 13.3 Å². The van der Waals surface area contributed by atoms with Gasteiger partial charge in [-0.25, -0.2) is 4.68 Å². The minimum Gasteiger partial charge on any atom is -0.463 e. The number of anilines is 1. The molecule has 0 unspecified atom stereocenters. The van der Waals surface area contributed by atoms with Gasteiger partial charge in [0.15, 0.2) is 0 Å². The van der Waals surface area contributed by atoms with Crippen LogP contribution in [0.1, 0.15) is 13.3 Å². The van der Waals surface area contributed by atoms with E-state index in [-0.39, 0.29) is 12.0 Å². The second-order valence-corrected chi connectivity index (χ2v) is 4.14. The highest BCUT2D eigenvalue weighted by molar-refractivity contribution is 9.10. The first-order chi connectivity index (χ1) is 8.19. The van der Waals surface area contributed by atoms with Gasteiger partial charge in [0.05, 0.1) is 17.3 Å². The summed E-state index contributed by atoms with van der Waals surface area (Å²) < 4.78 is 7.62. The van der Waals surface area contributed by atoms with Crippen LogP contribution in [0.3, 0.4) is 0 Å². The van der Waals surface area contributed by atoms with E-state index in [9.17, 15) is 0 Å². The summed E-state index contributed by atoms with van der Waals surface area (Å²) in [6.07, 6.45) is 4.22. The number of rotatable bonds is 4. The van der Waals surface area contributed by atoms with E-state index >= 15 is 0 Å². The van der Waals surface area contributed by atoms with Crippen LogP contribution in [0, 0.1) is 0 Å². The van der Waals surface area contributed by atoms with Crippen LogP contribution in [-0.4, -0.2) is 31.3 Å². The summed E-state index contributed by atoms with van der Waals surface area (Å²) in [5.41, 5.74) is 5.58. The maximum atomic E-state index is 5.58. The van der Waals surface area contributed by atoms with Gasteiger partial charge in [0.1, 0.15) is 0 Å². The molecule has 7 nitrogen and oxygen atoms in total. The van der Waals surface area contributed by atoms with Crippen LogP contribution in [-0.2, 0) is 0 Å². The Balaban J connectivity index is 2.31. The predicted molar refractivity (Wildman–Crippen MR) is 64.8 cm³/mol. The van der Waals surface area contributed by atoms with Gasteiger partial charge in [0, 0.05) is 6.20 Å². The van der Waals surface area contributed by atoms with E-state index in [1.165, 1.54) is 4.68 Å². The summed E-state index contributed by atoms with van der Waals surface area (Å²) in [4.78, 5) is 12.0. The lowest BCUT2D eigenvalue weighted by Gasteiger charge is -2.05. The van der Waals surface area contributed by atoms with E-state index in [4.69, 9.17) is 10.5 Å². The fourth-order valence-electron chi connectivity index (χ4n) is 1.13. The van der Waals surface area contributed by atoms with Crippen LogP contribution in [0.15, 0.2) is 16.9 Å². The molecule has 17 heavy (non-hydrogen) atoms. The molecular formula is C9H11BrN6O. The molecule has 0 radical (unpaired) electrons. The molecule has 0 aromatic carbocycles. The zero-order valence-corrected chi connectivity index (χ0v) is 10.8.